The van der Waals surface area contributed by atoms with Crippen molar-refractivity contribution in [2.24, 2.45) is 0 Å². The van der Waals surface area contributed by atoms with Gasteiger partial charge in [0.1, 0.15) is 17.2 Å². The van der Waals surface area contributed by atoms with Crippen LogP contribution in [0.25, 0.3) is 0 Å². The van der Waals surface area contributed by atoms with Gasteiger partial charge in [-0.25, -0.2) is 9.59 Å². The summed E-state index contributed by atoms with van der Waals surface area (Å²) < 4.78 is 11.9. The van der Waals surface area contributed by atoms with E-state index in [1.165, 1.54) is 0 Å². The van der Waals surface area contributed by atoms with E-state index in [0.29, 0.717) is 6.42 Å². The van der Waals surface area contributed by atoms with Crippen LogP contribution in [0.4, 0.5) is 4.79 Å². The highest BCUT2D eigenvalue weighted by atomic mass is 16.6. The number of rotatable bonds is 4. The molecule has 2 aromatic carbocycles. The van der Waals surface area contributed by atoms with Gasteiger partial charge in [-0.15, -0.1) is 0 Å². The third kappa shape index (κ3) is 5.04. The van der Waals surface area contributed by atoms with Crippen LogP contribution in [0.5, 0.6) is 0 Å². The van der Waals surface area contributed by atoms with Crippen molar-refractivity contribution < 1.29 is 19.1 Å². The number of amides is 1. The zero-order valence-corrected chi connectivity index (χ0v) is 19.8. The molecule has 0 aliphatic carbocycles. The van der Waals surface area contributed by atoms with Crippen molar-refractivity contribution in [3.05, 3.63) is 83.4 Å². The average Bonchev–Trinajstić information content (AvgIpc) is 2.73. The van der Waals surface area contributed by atoms with Gasteiger partial charge in [0.2, 0.25) is 0 Å². The molecule has 1 amide bonds. The highest BCUT2D eigenvalue weighted by Gasteiger charge is 2.55. The Labute approximate surface area is 191 Å². The van der Waals surface area contributed by atoms with E-state index in [-0.39, 0.29) is 0 Å². The van der Waals surface area contributed by atoms with E-state index in [1.807, 2.05) is 101 Å². The number of allylic oxidation sites excluding steroid dienone is 1. The third-order valence-corrected chi connectivity index (χ3v) is 5.54. The molecule has 0 aromatic heterocycles. The monoisotopic (exact) mass is 435 g/mol. The summed E-state index contributed by atoms with van der Waals surface area (Å²) >= 11 is 0. The Morgan fingerprint density at radius 2 is 1.56 bits per heavy atom. The third-order valence-electron chi connectivity index (χ3n) is 5.54. The lowest BCUT2D eigenvalue weighted by atomic mass is 9.84. The average molecular weight is 436 g/mol. The molecule has 0 unspecified atom stereocenters. The van der Waals surface area contributed by atoms with Gasteiger partial charge in [-0.2, -0.15) is 0 Å². The fourth-order valence-corrected chi connectivity index (χ4v) is 3.93. The van der Waals surface area contributed by atoms with Crippen LogP contribution in [-0.2, 0) is 14.3 Å². The van der Waals surface area contributed by atoms with Gasteiger partial charge in [-0.05, 0) is 59.1 Å². The molecule has 1 fully saturated rings. The second kappa shape index (κ2) is 9.19. The number of carbonyl (C=O) groups excluding carboxylic acids is 2. The molecule has 32 heavy (non-hydrogen) atoms. The van der Waals surface area contributed by atoms with Crippen LogP contribution in [-0.4, -0.2) is 28.1 Å². The maximum absolute atomic E-state index is 13.7. The lowest BCUT2D eigenvalue weighted by Crippen LogP contribution is -2.62. The molecule has 1 aliphatic rings. The molecule has 0 saturated carbocycles. The van der Waals surface area contributed by atoms with Crippen molar-refractivity contribution in [1.82, 2.24) is 4.90 Å². The van der Waals surface area contributed by atoms with Crippen molar-refractivity contribution in [3.63, 3.8) is 0 Å². The Bertz CT molecular complexity index is 974. The Kier molecular flexibility index (Phi) is 6.77. The second-order valence-electron chi connectivity index (χ2n) is 9.70. The molecule has 170 valence electrons. The lowest BCUT2D eigenvalue weighted by molar-refractivity contribution is -0.186. The lowest BCUT2D eigenvalue weighted by Gasteiger charge is -2.50. The number of hydrogen-bond acceptors (Lipinski definition) is 4. The standard InChI is InChI=1S/C27H33NO4/c1-19(2)17-18-27(6)24(29)31-23(21-15-11-8-12-16-21)22(20-13-9-7-10-14-20)28(27)25(30)32-26(3,4)5/h7-17,22-23H,18H2,1-6H3/t22-,23+,27-/m0/s1. The highest BCUT2D eigenvalue weighted by Crippen LogP contribution is 2.47. The molecule has 0 bridgehead atoms. The highest BCUT2D eigenvalue weighted by molar-refractivity contribution is 5.87. The van der Waals surface area contributed by atoms with E-state index >= 15 is 0 Å². The fourth-order valence-electron chi connectivity index (χ4n) is 3.93. The van der Waals surface area contributed by atoms with E-state index in [9.17, 15) is 9.59 Å². The van der Waals surface area contributed by atoms with Gasteiger partial charge in [0.25, 0.3) is 0 Å². The molecule has 0 radical (unpaired) electrons. The number of cyclic esters (lactones) is 1. The van der Waals surface area contributed by atoms with Gasteiger partial charge >= 0.3 is 12.1 Å². The number of esters is 1. The molecule has 3 rings (SSSR count). The van der Waals surface area contributed by atoms with Crippen molar-refractivity contribution in [1.29, 1.82) is 0 Å². The van der Waals surface area contributed by atoms with Gasteiger partial charge < -0.3 is 9.47 Å². The summed E-state index contributed by atoms with van der Waals surface area (Å²) in [5.41, 5.74) is 0.838. The van der Waals surface area contributed by atoms with E-state index in [1.54, 1.807) is 11.8 Å². The van der Waals surface area contributed by atoms with Crippen molar-refractivity contribution in [2.45, 2.75) is 71.2 Å². The summed E-state index contributed by atoms with van der Waals surface area (Å²) in [6.45, 7) is 11.2. The van der Waals surface area contributed by atoms with Crippen LogP contribution in [0.1, 0.15) is 71.2 Å². The van der Waals surface area contributed by atoms with Crippen LogP contribution in [0, 0.1) is 0 Å². The maximum atomic E-state index is 13.7. The first-order chi connectivity index (χ1) is 15.0. The van der Waals surface area contributed by atoms with E-state index in [2.05, 4.69) is 0 Å². The number of morpholine rings is 1. The topological polar surface area (TPSA) is 55.8 Å². The SMILES string of the molecule is CC(C)=CC[C@@]1(C)C(=O)O[C@H](c2ccccc2)[C@H](c2ccccc2)N1C(=O)OC(C)(C)C. The quantitative estimate of drug-likeness (QED) is 0.413. The minimum Gasteiger partial charge on any atom is -0.453 e. The number of ether oxygens (including phenoxy) is 2. The van der Waals surface area contributed by atoms with Crippen LogP contribution >= 0.6 is 0 Å². The number of carbonyl (C=O) groups is 2. The summed E-state index contributed by atoms with van der Waals surface area (Å²) in [6, 6.07) is 18.7. The minimum atomic E-state index is -1.22. The molecule has 1 aliphatic heterocycles. The zero-order valence-electron chi connectivity index (χ0n) is 19.8. The first kappa shape index (κ1) is 23.6. The number of nitrogens with zero attached hydrogens (tertiary/aromatic N) is 1. The fraction of sp³-hybridized carbons (Fsp3) is 0.407. The smallest absolute Gasteiger partial charge is 0.411 e. The summed E-state index contributed by atoms with van der Waals surface area (Å²) in [5, 5.41) is 0. The molecule has 0 N–H and O–H groups in total. The Hall–Kier alpha value is -3.08. The van der Waals surface area contributed by atoms with Crippen LogP contribution < -0.4 is 0 Å². The Morgan fingerprint density at radius 3 is 2.06 bits per heavy atom. The van der Waals surface area contributed by atoms with Crippen LogP contribution in [0.3, 0.4) is 0 Å². The van der Waals surface area contributed by atoms with Gasteiger partial charge in [0.15, 0.2) is 6.10 Å². The molecule has 0 spiro atoms. The summed E-state index contributed by atoms with van der Waals surface area (Å²) in [6.07, 6.45) is 1.11. The summed E-state index contributed by atoms with van der Waals surface area (Å²) in [4.78, 5) is 28.7. The van der Waals surface area contributed by atoms with E-state index in [4.69, 9.17) is 9.47 Å². The molecule has 5 heteroatoms. The van der Waals surface area contributed by atoms with Crippen molar-refractivity contribution >= 4 is 12.1 Å². The predicted molar refractivity (Wildman–Crippen MR) is 125 cm³/mol. The van der Waals surface area contributed by atoms with Gasteiger partial charge in [0.05, 0.1) is 0 Å². The van der Waals surface area contributed by atoms with E-state index in [0.717, 1.165) is 16.7 Å². The Balaban J connectivity index is 2.21. The molecular weight excluding hydrogens is 402 g/mol. The summed E-state index contributed by atoms with van der Waals surface area (Å²) in [5.74, 6) is -0.443. The number of hydrogen-bond donors (Lipinski definition) is 0. The first-order valence-corrected chi connectivity index (χ1v) is 11.0. The van der Waals surface area contributed by atoms with Gasteiger partial charge in [-0.1, -0.05) is 72.3 Å². The molecule has 5 nitrogen and oxygen atoms in total. The normalized spacial score (nSPS) is 23.3. The van der Waals surface area contributed by atoms with Crippen molar-refractivity contribution in [3.8, 4) is 0 Å². The minimum absolute atomic E-state index is 0.332. The van der Waals surface area contributed by atoms with E-state index < -0.39 is 35.3 Å². The van der Waals surface area contributed by atoms with Gasteiger partial charge in [-0.3, -0.25) is 4.90 Å². The Morgan fingerprint density at radius 1 is 1.03 bits per heavy atom. The molecule has 2 aromatic rings. The number of benzene rings is 2. The van der Waals surface area contributed by atoms with Gasteiger partial charge in [0, 0.05) is 0 Å². The van der Waals surface area contributed by atoms with Crippen molar-refractivity contribution in [2.75, 3.05) is 0 Å². The molecular formula is C27H33NO4. The van der Waals surface area contributed by atoms with Crippen LogP contribution in [0.15, 0.2) is 72.3 Å². The summed E-state index contributed by atoms with van der Waals surface area (Å²) in [7, 11) is 0. The predicted octanol–water partition coefficient (Wildman–Crippen LogP) is 6.38. The molecule has 3 atom stereocenters. The second-order valence-corrected chi connectivity index (χ2v) is 9.70. The first-order valence-electron chi connectivity index (χ1n) is 11.0. The van der Waals surface area contributed by atoms with Crippen LogP contribution in [0.2, 0.25) is 0 Å². The molecule has 1 heterocycles. The largest absolute Gasteiger partial charge is 0.453 e. The zero-order chi connectivity index (χ0) is 23.5. The maximum Gasteiger partial charge on any atom is 0.411 e. The molecule has 1 saturated heterocycles.